The monoisotopic (exact) mass is 397 g/mol. The zero-order chi connectivity index (χ0) is 20.1. The fraction of sp³-hybridized carbons (Fsp3) is 0.150. The highest BCUT2D eigenvalue weighted by Crippen LogP contribution is 2.35. The second-order valence-electron chi connectivity index (χ2n) is 5.79. The number of rotatable bonds is 5. The SMILES string of the molecule is COc1cccc(/C=C2\SC(=Nc3ccc(NC(C)=O)cc3)NC2=O)c1OC. The van der Waals surface area contributed by atoms with E-state index < -0.39 is 0 Å². The lowest BCUT2D eigenvalue weighted by Gasteiger charge is -2.10. The predicted molar refractivity (Wildman–Crippen MR) is 111 cm³/mol. The Hall–Kier alpha value is -3.26. The fourth-order valence-corrected chi connectivity index (χ4v) is 3.42. The zero-order valence-electron chi connectivity index (χ0n) is 15.6. The van der Waals surface area contributed by atoms with Crippen molar-refractivity contribution in [3.63, 3.8) is 0 Å². The molecule has 0 aliphatic carbocycles. The standard InChI is InChI=1S/C20H19N3O4S/c1-12(24)21-14-7-9-15(10-8-14)22-20-23-19(25)17(28-20)11-13-5-4-6-16(26-2)18(13)27-3/h4-11H,1-3H3,(H,21,24)(H,22,23,25)/b17-11-. The summed E-state index contributed by atoms with van der Waals surface area (Å²) in [5.74, 6) is 0.780. The Morgan fingerprint density at radius 1 is 1.14 bits per heavy atom. The second-order valence-corrected chi connectivity index (χ2v) is 6.82. The number of ether oxygens (including phenoxy) is 2. The van der Waals surface area contributed by atoms with Crippen molar-refractivity contribution in [2.75, 3.05) is 19.5 Å². The first-order valence-corrected chi connectivity index (χ1v) is 9.20. The number of benzene rings is 2. The van der Waals surface area contributed by atoms with Crippen molar-refractivity contribution < 1.29 is 19.1 Å². The van der Waals surface area contributed by atoms with Gasteiger partial charge in [0, 0.05) is 18.2 Å². The predicted octanol–water partition coefficient (Wildman–Crippen LogP) is 3.55. The molecule has 0 bridgehead atoms. The van der Waals surface area contributed by atoms with Gasteiger partial charge in [0.25, 0.3) is 5.91 Å². The number of anilines is 1. The Balaban J connectivity index is 1.81. The summed E-state index contributed by atoms with van der Waals surface area (Å²) in [5, 5.41) is 5.92. The number of carbonyl (C=O) groups is 2. The summed E-state index contributed by atoms with van der Waals surface area (Å²) in [5.41, 5.74) is 2.09. The number of amides is 2. The molecule has 8 heteroatoms. The van der Waals surface area contributed by atoms with Crippen LogP contribution < -0.4 is 20.1 Å². The minimum absolute atomic E-state index is 0.138. The fourth-order valence-electron chi connectivity index (χ4n) is 2.59. The number of methoxy groups -OCH3 is 2. The smallest absolute Gasteiger partial charge is 0.264 e. The summed E-state index contributed by atoms with van der Waals surface area (Å²) < 4.78 is 10.7. The number of hydrogen-bond acceptors (Lipinski definition) is 6. The Bertz CT molecular complexity index is 968. The van der Waals surface area contributed by atoms with E-state index in [1.54, 1.807) is 50.6 Å². The first-order valence-electron chi connectivity index (χ1n) is 8.38. The van der Waals surface area contributed by atoms with Gasteiger partial charge in [-0.2, -0.15) is 0 Å². The van der Waals surface area contributed by atoms with Crippen LogP contribution in [-0.4, -0.2) is 31.2 Å². The third kappa shape index (κ3) is 4.52. The van der Waals surface area contributed by atoms with Crippen LogP contribution in [0.1, 0.15) is 12.5 Å². The molecule has 1 aliphatic rings. The van der Waals surface area contributed by atoms with Crippen LogP contribution >= 0.6 is 11.8 Å². The molecule has 1 saturated heterocycles. The van der Waals surface area contributed by atoms with Gasteiger partial charge in [-0.05, 0) is 48.2 Å². The van der Waals surface area contributed by atoms with Gasteiger partial charge >= 0.3 is 0 Å². The van der Waals surface area contributed by atoms with Crippen LogP contribution in [0.5, 0.6) is 11.5 Å². The number of thioether (sulfide) groups is 1. The van der Waals surface area contributed by atoms with E-state index in [0.29, 0.717) is 32.9 Å². The van der Waals surface area contributed by atoms with Gasteiger partial charge in [-0.1, -0.05) is 12.1 Å². The molecule has 28 heavy (non-hydrogen) atoms. The van der Waals surface area contributed by atoms with Crippen LogP contribution in [0, 0.1) is 0 Å². The zero-order valence-corrected chi connectivity index (χ0v) is 16.4. The van der Waals surface area contributed by atoms with E-state index in [4.69, 9.17) is 9.47 Å². The molecular formula is C20H19N3O4S. The van der Waals surface area contributed by atoms with E-state index in [9.17, 15) is 9.59 Å². The molecule has 1 aliphatic heterocycles. The Labute approximate surface area is 166 Å². The first kappa shape index (κ1) is 19.5. The average Bonchev–Trinajstić information content (AvgIpc) is 3.01. The highest BCUT2D eigenvalue weighted by atomic mass is 32.2. The summed E-state index contributed by atoms with van der Waals surface area (Å²) in [6, 6.07) is 12.5. The Morgan fingerprint density at radius 3 is 2.54 bits per heavy atom. The number of hydrogen-bond donors (Lipinski definition) is 2. The molecule has 2 amide bonds. The molecule has 3 rings (SSSR count). The maximum absolute atomic E-state index is 12.3. The first-order chi connectivity index (χ1) is 13.5. The molecule has 2 N–H and O–H groups in total. The van der Waals surface area contributed by atoms with Crippen LogP contribution in [0.3, 0.4) is 0 Å². The van der Waals surface area contributed by atoms with Crippen molar-refractivity contribution in [1.29, 1.82) is 0 Å². The van der Waals surface area contributed by atoms with E-state index >= 15 is 0 Å². The van der Waals surface area contributed by atoms with E-state index in [1.807, 2.05) is 12.1 Å². The van der Waals surface area contributed by atoms with Gasteiger partial charge in [-0.15, -0.1) is 0 Å². The molecular weight excluding hydrogens is 378 g/mol. The van der Waals surface area contributed by atoms with E-state index in [1.165, 1.54) is 18.7 Å². The van der Waals surface area contributed by atoms with E-state index in [2.05, 4.69) is 15.6 Å². The molecule has 7 nitrogen and oxygen atoms in total. The topological polar surface area (TPSA) is 89.0 Å². The van der Waals surface area contributed by atoms with Gasteiger partial charge in [0.15, 0.2) is 16.7 Å². The molecule has 0 radical (unpaired) electrons. The lowest BCUT2D eigenvalue weighted by molar-refractivity contribution is -0.115. The Morgan fingerprint density at radius 2 is 1.89 bits per heavy atom. The molecule has 0 unspecified atom stereocenters. The highest BCUT2D eigenvalue weighted by Gasteiger charge is 2.24. The van der Waals surface area contributed by atoms with Crippen molar-refractivity contribution in [1.82, 2.24) is 5.32 Å². The van der Waals surface area contributed by atoms with Crippen LogP contribution in [-0.2, 0) is 9.59 Å². The van der Waals surface area contributed by atoms with Gasteiger partial charge in [0.05, 0.1) is 24.8 Å². The third-order valence-electron chi connectivity index (χ3n) is 3.79. The van der Waals surface area contributed by atoms with Gasteiger partial charge < -0.3 is 20.1 Å². The lowest BCUT2D eigenvalue weighted by atomic mass is 10.1. The summed E-state index contributed by atoms with van der Waals surface area (Å²) in [4.78, 5) is 28.3. The van der Waals surface area contributed by atoms with Crippen LogP contribution in [0.15, 0.2) is 52.4 Å². The number of para-hydroxylation sites is 1. The van der Waals surface area contributed by atoms with Crippen molar-refractivity contribution in [2.24, 2.45) is 4.99 Å². The Kier molecular flexibility index (Phi) is 6.00. The third-order valence-corrected chi connectivity index (χ3v) is 4.70. The van der Waals surface area contributed by atoms with Gasteiger partial charge in [-0.25, -0.2) is 4.99 Å². The quantitative estimate of drug-likeness (QED) is 0.753. The van der Waals surface area contributed by atoms with Gasteiger partial charge in [-0.3, -0.25) is 9.59 Å². The molecule has 0 spiro atoms. The number of nitrogens with zero attached hydrogens (tertiary/aromatic N) is 1. The maximum Gasteiger partial charge on any atom is 0.264 e. The number of carbonyl (C=O) groups excluding carboxylic acids is 2. The molecule has 2 aromatic carbocycles. The normalized spacial score (nSPS) is 16.2. The largest absolute Gasteiger partial charge is 0.493 e. The number of aliphatic imine (C=N–C) groups is 1. The van der Waals surface area contributed by atoms with Crippen molar-refractivity contribution >= 4 is 46.2 Å². The molecule has 1 heterocycles. The summed E-state index contributed by atoms with van der Waals surface area (Å²) in [6.45, 7) is 1.45. The van der Waals surface area contributed by atoms with Crippen molar-refractivity contribution in [2.45, 2.75) is 6.92 Å². The van der Waals surface area contributed by atoms with Crippen LogP contribution in [0.2, 0.25) is 0 Å². The van der Waals surface area contributed by atoms with Gasteiger partial charge in [0.1, 0.15) is 0 Å². The molecule has 144 valence electrons. The molecule has 0 aromatic heterocycles. The van der Waals surface area contributed by atoms with Crippen molar-refractivity contribution in [3.8, 4) is 11.5 Å². The number of amidine groups is 1. The summed E-state index contributed by atoms with van der Waals surface area (Å²) >= 11 is 1.24. The molecule has 1 fully saturated rings. The summed E-state index contributed by atoms with van der Waals surface area (Å²) in [7, 11) is 3.12. The van der Waals surface area contributed by atoms with E-state index in [-0.39, 0.29) is 11.8 Å². The second kappa shape index (κ2) is 8.62. The minimum Gasteiger partial charge on any atom is -0.493 e. The molecule has 2 aromatic rings. The van der Waals surface area contributed by atoms with Crippen LogP contribution in [0.25, 0.3) is 6.08 Å². The number of nitrogens with one attached hydrogen (secondary N) is 2. The lowest BCUT2D eigenvalue weighted by Crippen LogP contribution is -2.19. The maximum atomic E-state index is 12.3. The summed E-state index contributed by atoms with van der Waals surface area (Å²) in [6.07, 6.45) is 1.74. The van der Waals surface area contributed by atoms with Crippen LogP contribution in [0.4, 0.5) is 11.4 Å². The van der Waals surface area contributed by atoms with Crippen molar-refractivity contribution in [3.05, 3.63) is 52.9 Å². The van der Waals surface area contributed by atoms with Gasteiger partial charge in [0.2, 0.25) is 5.91 Å². The molecule has 0 saturated carbocycles. The molecule has 0 atom stereocenters. The average molecular weight is 397 g/mol. The van der Waals surface area contributed by atoms with E-state index in [0.717, 1.165) is 5.56 Å². The highest BCUT2D eigenvalue weighted by molar-refractivity contribution is 8.18. The minimum atomic E-state index is -0.233.